The minimum Gasteiger partial charge on any atom is -0.288 e. The van der Waals surface area contributed by atoms with Crippen molar-refractivity contribution in [3.8, 4) is 0 Å². The Morgan fingerprint density at radius 2 is 1.63 bits per heavy atom. The highest BCUT2D eigenvalue weighted by Gasteiger charge is 2.46. The van der Waals surface area contributed by atoms with Crippen LogP contribution in [0.5, 0.6) is 0 Å². The van der Waals surface area contributed by atoms with Crippen molar-refractivity contribution in [1.82, 2.24) is 0 Å². The van der Waals surface area contributed by atoms with Gasteiger partial charge in [-0.3, -0.25) is 4.79 Å². The highest BCUT2D eigenvalue weighted by Crippen LogP contribution is 2.34. The van der Waals surface area contributed by atoms with Crippen molar-refractivity contribution >= 4 is 16.7 Å². The molecule has 19 heavy (non-hydrogen) atoms. The number of hydrogen-bond acceptors (Lipinski definition) is 1. The molecule has 0 aromatic heterocycles. The molecule has 1 aliphatic rings. The maximum atomic E-state index is 12.9. The van der Waals surface area contributed by atoms with E-state index >= 15 is 0 Å². The Hall–Kier alpha value is -0.760. The predicted octanol–water partition coefficient (Wildman–Crippen LogP) is 4.00. The van der Waals surface area contributed by atoms with Gasteiger partial charge in [0.05, 0.1) is 0 Å². The first kappa shape index (κ1) is 14.6. The van der Waals surface area contributed by atoms with E-state index in [1.807, 2.05) is 24.3 Å². The first-order valence-corrected chi connectivity index (χ1v) is 8.79. The van der Waals surface area contributed by atoms with Crippen molar-refractivity contribution in [2.24, 2.45) is 5.41 Å². The van der Waals surface area contributed by atoms with Crippen LogP contribution in [0.25, 0.3) is 0 Å². The summed E-state index contributed by atoms with van der Waals surface area (Å²) in [5, 5.41) is 0.192. The van der Waals surface area contributed by atoms with E-state index in [0.717, 1.165) is 5.56 Å². The number of carbonyl (C=O) groups is 1. The van der Waals surface area contributed by atoms with Crippen LogP contribution in [0.1, 0.15) is 49.5 Å². The molecule has 1 aliphatic heterocycles. The summed E-state index contributed by atoms with van der Waals surface area (Å²) in [5.74, 6) is 2.86. The van der Waals surface area contributed by atoms with Crippen molar-refractivity contribution < 1.29 is 4.79 Å². The van der Waals surface area contributed by atoms with Crippen LogP contribution in [-0.4, -0.2) is 22.5 Å². The lowest BCUT2D eigenvalue weighted by atomic mass is 9.87. The Kier molecular flexibility index (Phi) is 4.39. The third-order valence-corrected chi connectivity index (χ3v) is 6.97. The van der Waals surface area contributed by atoms with Crippen LogP contribution in [0.2, 0.25) is 0 Å². The van der Waals surface area contributed by atoms with Crippen LogP contribution in [-0.2, 0) is 10.9 Å². The van der Waals surface area contributed by atoms with Gasteiger partial charge in [-0.15, -0.1) is 0 Å². The standard InChI is InChI=1S/C17H25OS/c1-13-7-9-14(10-8-13)15(18)16(17(2,3)4)19-11-5-6-12-19/h7-10,16H,5-6,11-12H2,1-4H3/q+1. The van der Waals surface area contributed by atoms with E-state index in [9.17, 15) is 4.79 Å². The molecule has 2 heteroatoms. The monoisotopic (exact) mass is 277 g/mol. The molecule has 0 amide bonds. The average Bonchev–Trinajstić information content (AvgIpc) is 2.81. The second kappa shape index (κ2) is 5.70. The molecule has 1 saturated heterocycles. The molecule has 1 nitrogen and oxygen atoms in total. The molecule has 0 saturated carbocycles. The number of Topliss-reactive ketones (excluding diaryl/α,β-unsaturated/α-hetero) is 1. The zero-order valence-electron chi connectivity index (χ0n) is 12.5. The van der Waals surface area contributed by atoms with E-state index in [0.29, 0.717) is 5.78 Å². The highest BCUT2D eigenvalue weighted by molar-refractivity contribution is 7.98. The molecule has 1 aromatic carbocycles. The van der Waals surface area contributed by atoms with Crippen molar-refractivity contribution in [2.45, 2.75) is 45.8 Å². The molecule has 1 unspecified atom stereocenters. The number of ketones is 1. The quantitative estimate of drug-likeness (QED) is 0.603. The van der Waals surface area contributed by atoms with Gasteiger partial charge in [-0.1, -0.05) is 50.6 Å². The molecule has 1 fully saturated rings. The minimum atomic E-state index is 0.0649. The molecular formula is C17H25OS+. The van der Waals surface area contributed by atoms with E-state index in [2.05, 4.69) is 27.7 Å². The molecule has 0 radical (unpaired) electrons. The molecular weight excluding hydrogens is 252 g/mol. The van der Waals surface area contributed by atoms with Gasteiger partial charge in [-0.2, -0.15) is 0 Å². The fourth-order valence-electron chi connectivity index (χ4n) is 2.83. The number of hydrogen-bond donors (Lipinski definition) is 0. The summed E-state index contributed by atoms with van der Waals surface area (Å²) >= 11 is 0. The summed E-state index contributed by atoms with van der Waals surface area (Å²) in [4.78, 5) is 12.9. The summed E-state index contributed by atoms with van der Waals surface area (Å²) in [5.41, 5.74) is 2.17. The number of aryl methyl sites for hydroxylation is 1. The van der Waals surface area contributed by atoms with E-state index in [1.165, 1.54) is 29.9 Å². The van der Waals surface area contributed by atoms with Gasteiger partial charge in [0.1, 0.15) is 11.5 Å². The number of benzene rings is 1. The van der Waals surface area contributed by atoms with Crippen molar-refractivity contribution in [3.63, 3.8) is 0 Å². The van der Waals surface area contributed by atoms with Gasteiger partial charge in [-0.25, -0.2) is 0 Å². The Morgan fingerprint density at radius 1 is 1.11 bits per heavy atom. The normalized spacial score (nSPS) is 18.5. The molecule has 1 atom stereocenters. The van der Waals surface area contributed by atoms with Gasteiger partial charge in [0.15, 0.2) is 5.25 Å². The molecule has 0 N–H and O–H groups in total. The van der Waals surface area contributed by atoms with Crippen molar-refractivity contribution in [2.75, 3.05) is 11.5 Å². The lowest BCUT2D eigenvalue weighted by Crippen LogP contribution is -2.42. The first-order chi connectivity index (χ1) is 8.89. The fourth-order valence-corrected chi connectivity index (χ4v) is 6.09. The van der Waals surface area contributed by atoms with Crippen LogP contribution in [0.15, 0.2) is 24.3 Å². The van der Waals surface area contributed by atoms with Gasteiger partial charge < -0.3 is 0 Å². The summed E-state index contributed by atoms with van der Waals surface area (Å²) in [6.45, 7) is 8.72. The van der Waals surface area contributed by atoms with Gasteiger partial charge in [0, 0.05) is 11.0 Å². The summed E-state index contributed by atoms with van der Waals surface area (Å²) in [6, 6.07) is 8.08. The summed E-state index contributed by atoms with van der Waals surface area (Å²) < 4.78 is 0. The van der Waals surface area contributed by atoms with Crippen LogP contribution in [0, 0.1) is 12.3 Å². The predicted molar refractivity (Wildman–Crippen MR) is 85.1 cm³/mol. The Morgan fingerprint density at radius 3 is 2.11 bits per heavy atom. The number of carbonyl (C=O) groups excluding carboxylic acids is 1. The molecule has 0 spiro atoms. The molecule has 0 bridgehead atoms. The van der Waals surface area contributed by atoms with Gasteiger partial charge in [0.25, 0.3) is 0 Å². The summed E-state index contributed by atoms with van der Waals surface area (Å²) in [6.07, 6.45) is 2.60. The Balaban J connectivity index is 2.27. The topological polar surface area (TPSA) is 17.1 Å². The Bertz CT molecular complexity index is 435. The van der Waals surface area contributed by atoms with E-state index < -0.39 is 0 Å². The SMILES string of the molecule is Cc1ccc(C(=O)C([S+]2CCCC2)C(C)(C)C)cc1. The molecule has 1 heterocycles. The number of rotatable bonds is 3. The summed E-state index contributed by atoms with van der Waals surface area (Å²) in [7, 11) is 0.280. The van der Waals surface area contributed by atoms with Crippen LogP contribution >= 0.6 is 0 Å². The molecule has 1 aromatic rings. The van der Waals surface area contributed by atoms with E-state index in [1.54, 1.807) is 0 Å². The second-order valence-electron chi connectivity index (χ2n) is 6.63. The van der Waals surface area contributed by atoms with Gasteiger partial charge in [0.2, 0.25) is 5.78 Å². The Labute approximate surface area is 120 Å². The third-order valence-electron chi connectivity index (χ3n) is 3.76. The molecule has 104 valence electrons. The fraction of sp³-hybridized carbons (Fsp3) is 0.588. The minimum absolute atomic E-state index is 0.0649. The first-order valence-electron chi connectivity index (χ1n) is 7.17. The molecule has 2 rings (SSSR count). The van der Waals surface area contributed by atoms with Crippen LogP contribution < -0.4 is 0 Å². The van der Waals surface area contributed by atoms with Crippen LogP contribution in [0.3, 0.4) is 0 Å². The van der Waals surface area contributed by atoms with Crippen molar-refractivity contribution in [3.05, 3.63) is 35.4 Å². The lowest BCUT2D eigenvalue weighted by Gasteiger charge is -2.27. The van der Waals surface area contributed by atoms with Crippen LogP contribution in [0.4, 0.5) is 0 Å². The van der Waals surface area contributed by atoms with E-state index in [4.69, 9.17) is 0 Å². The van der Waals surface area contributed by atoms with Crippen molar-refractivity contribution in [1.29, 1.82) is 0 Å². The average molecular weight is 277 g/mol. The zero-order chi connectivity index (χ0) is 14.0. The smallest absolute Gasteiger partial charge is 0.215 e. The zero-order valence-corrected chi connectivity index (χ0v) is 13.3. The van der Waals surface area contributed by atoms with Gasteiger partial charge >= 0.3 is 0 Å². The second-order valence-corrected chi connectivity index (χ2v) is 8.99. The van der Waals surface area contributed by atoms with Gasteiger partial charge in [-0.05, 0) is 30.7 Å². The maximum Gasteiger partial charge on any atom is 0.215 e. The molecule has 0 aliphatic carbocycles. The van der Waals surface area contributed by atoms with E-state index in [-0.39, 0.29) is 21.6 Å². The lowest BCUT2D eigenvalue weighted by molar-refractivity contribution is 0.0949. The maximum absolute atomic E-state index is 12.9. The largest absolute Gasteiger partial charge is 0.288 e. The third kappa shape index (κ3) is 3.42. The highest BCUT2D eigenvalue weighted by atomic mass is 32.2.